The van der Waals surface area contributed by atoms with E-state index in [4.69, 9.17) is 5.73 Å². The maximum Gasteiger partial charge on any atom is 0.180 e. The number of nitrogen functional groups attached to an aromatic ring is 1. The van der Waals surface area contributed by atoms with Gasteiger partial charge in [0.25, 0.3) is 0 Å². The summed E-state index contributed by atoms with van der Waals surface area (Å²) in [6.45, 7) is 2.18. The second kappa shape index (κ2) is 3.56. The van der Waals surface area contributed by atoms with Crippen LogP contribution in [0.25, 0.3) is 0 Å². The summed E-state index contributed by atoms with van der Waals surface area (Å²) in [5, 5.41) is 0.686. The number of unbranched alkanes of at least 4 members (excludes halogenated alkanes) is 1. The summed E-state index contributed by atoms with van der Waals surface area (Å²) in [6, 6.07) is 0. The quantitative estimate of drug-likeness (QED) is 0.727. The Bertz CT molecular complexity index is 195. The van der Waals surface area contributed by atoms with Crippen LogP contribution >= 0.6 is 11.3 Å². The molecule has 0 unspecified atom stereocenters. The highest BCUT2D eigenvalue weighted by atomic mass is 32.1. The zero-order valence-electron chi connectivity index (χ0n) is 6.13. The van der Waals surface area contributed by atoms with Gasteiger partial charge in [-0.15, -0.1) is 11.3 Å². The molecule has 0 aliphatic rings. The minimum absolute atomic E-state index is 0.686. The summed E-state index contributed by atoms with van der Waals surface area (Å²) >= 11 is 1.59. The lowest BCUT2D eigenvalue weighted by Gasteiger charge is -1.89. The fourth-order valence-electron chi connectivity index (χ4n) is 0.789. The first-order valence-corrected chi connectivity index (χ1v) is 4.34. The van der Waals surface area contributed by atoms with Gasteiger partial charge in [-0.2, -0.15) is 0 Å². The molecule has 3 heteroatoms. The van der Waals surface area contributed by atoms with Crippen molar-refractivity contribution in [3.05, 3.63) is 11.1 Å². The summed E-state index contributed by atoms with van der Waals surface area (Å²) in [5.41, 5.74) is 5.46. The number of nitrogens with zero attached hydrogens (tertiary/aromatic N) is 1. The molecule has 0 spiro atoms. The highest BCUT2D eigenvalue weighted by molar-refractivity contribution is 7.15. The van der Waals surface area contributed by atoms with E-state index in [0.29, 0.717) is 5.13 Å². The number of thiazole rings is 1. The van der Waals surface area contributed by atoms with Crippen LogP contribution in [-0.2, 0) is 6.42 Å². The standard InChI is InChI=1S/C7H12N2S/c1-2-3-4-6-5-9-7(8)10-6/h5H,2-4H2,1H3,(H2,8,9). The predicted octanol–water partition coefficient (Wildman–Crippen LogP) is 2.07. The Labute approximate surface area is 65.1 Å². The molecule has 0 radical (unpaired) electrons. The van der Waals surface area contributed by atoms with E-state index in [1.165, 1.54) is 17.7 Å². The van der Waals surface area contributed by atoms with E-state index in [9.17, 15) is 0 Å². The molecule has 2 nitrogen and oxygen atoms in total. The summed E-state index contributed by atoms with van der Waals surface area (Å²) in [7, 11) is 0. The fourth-order valence-corrected chi connectivity index (χ4v) is 1.52. The van der Waals surface area contributed by atoms with Crippen molar-refractivity contribution in [2.24, 2.45) is 0 Å². The Morgan fingerprint density at radius 1 is 1.70 bits per heavy atom. The van der Waals surface area contributed by atoms with Gasteiger partial charge in [-0.1, -0.05) is 13.3 Å². The summed E-state index contributed by atoms with van der Waals surface area (Å²) < 4.78 is 0. The Hall–Kier alpha value is -0.570. The number of rotatable bonds is 3. The van der Waals surface area contributed by atoms with Crippen LogP contribution in [0.4, 0.5) is 5.13 Å². The smallest absolute Gasteiger partial charge is 0.180 e. The lowest BCUT2D eigenvalue weighted by molar-refractivity contribution is 0.803. The van der Waals surface area contributed by atoms with Gasteiger partial charge in [-0.05, 0) is 12.8 Å². The Balaban J connectivity index is 2.42. The molecule has 0 aromatic carbocycles. The molecular formula is C7H12N2S. The van der Waals surface area contributed by atoms with Crippen molar-refractivity contribution in [3.8, 4) is 0 Å². The Morgan fingerprint density at radius 2 is 2.50 bits per heavy atom. The molecule has 2 N–H and O–H groups in total. The van der Waals surface area contributed by atoms with E-state index in [1.807, 2.05) is 6.20 Å². The molecule has 0 amide bonds. The van der Waals surface area contributed by atoms with Crippen molar-refractivity contribution in [1.29, 1.82) is 0 Å². The van der Waals surface area contributed by atoms with E-state index < -0.39 is 0 Å². The van der Waals surface area contributed by atoms with Gasteiger partial charge in [-0.3, -0.25) is 0 Å². The highest BCUT2D eigenvalue weighted by Crippen LogP contribution is 2.16. The van der Waals surface area contributed by atoms with Crippen molar-refractivity contribution in [1.82, 2.24) is 4.98 Å². The van der Waals surface area contributed by atoms with E-state index in [-0.39, 0.29) is 0 Å². The number of hydrogen-bond donors (Lipinski definition) is 1. The van der Waals surface area contributed by atoms with Gasteiger partial charge in [-0.25, -0.2) is 4.98 Å². The van der Waals surface area contributed by atoms with Gasteiger partial charge in [0, 0.05) is 11.1 Å². The first kappa shape index (κ1) is 7.54. The summed E-state index contributed by atoms with van der Waals surface area (Å²) in [4.78, 5) is 5.27. The molecule has 1 aromatic rings. The molecule has 0 saturated heterocycles. The predicted molar refractivity (Wildman–Crippen MR) is 45.1 cm³/mol. The fraction of sp³-hybridized carbons (Fsp3) is 0.571. The Morgan fingerprint density at radius 3 is 3.00 bits per heavy atom. The molecule has 1 heterocycles. The molecule has 0 bridgehead atoms. The van der Waals surface area contributed by atoms with Crippen LogP contribution in [-0.4, -0.2) is 4.98 Å². The van der Waals surface area contributed by atoms with Gasteiger partial charge in [0.05, 0.1) is 0 Å². The second-order valence-electron chi connectivity index (χ2n) is 2.27. The molecule has 0 atom stereocenters. The minimum Gasteiger partial charge on any atom is -0.375 e. The minimum atomic E-state index is 0.686. The maximum atomic E-state index is 5.46. The maximum absolute atomic E-state index is 5.46. The number of nitrogens with two attached hydrogens (primary N) is 1. The van der Waals surface area contributed by atoms with E-state index in [1.54, 1.807) is 11.3 Å². The average Bonchev–Trinajstić information content (AvgIpc) is 2.31. The van der Waals surface area contributed by atoms with Crippen molar-refractivity contribution in [3.63, 3.8) is 0 Å². The lowest BCUT2D eigenvalue weighted by Crippen LogP contribution is -1.77. The van der Waals surface area contributed by atoms with Crippen LogP contribution in [0.3, 0.4) is 0 Å². The molecular weight excluding hydrogens is 144 g/mol. The first-order valence-electron chi connectivity index (χ1n) is 3.53. The third kappa shape index (κ3) is 1.99. The van der Waals surface area contributed by atoms with Gasteiger partial charge in [0.1, 0.15) is 0 Å². The summed E-state index contributed by atoms with van der Waals surface area (Å²) in [5.74, 6) is 0. The molecule has 1 rings (SSSR count). The van der Waals surface area contributed by atoms with Crippen molar-refractivity contribution in [2.75, 3.05) is 5.73 Å². The molecule has 56 valence electrons. The second-order valence-corrected chi connectivity index (χ2v) is 3.42. The zero-order chi connectivity index (χ0) is 7.40. The van der Waals surface area contributed by atoms with Gasteiger partial charge < -0.3 is 5.73 Å². The molecule has 0 fully saturated rings. The van der Waals surface area contributed by atoms with Crippen LogP contribution in [0.15, 0.2) is 6.20 Å². The van der Waals surface area contributed by atoms with Crippen LogP contribution in [0.1, 0.15) is 24.6 Å². The Kier molecular flexibility index (Phi) is 2.68. The SMILES string of the molecule is CCCCc1cnc(N)s1. The van der Waals surface area contributed by atoms with Crippen molar-refractivity contribution < 1.29 is 0 Å². The monoisotopic (exact) mass is 156 g/mol. The van der Waals surface area contributed by atoms with Gasteiger partial charge >= 0.3 is 0 Å². The normalized spacial score (nSPS) is 10.1. The van der Waals surface area contributed by atoms with Crippen molar-refractivity contribution >= 4 is 16.5 Å². The van der Waals surface area contributed by atoms with Crippen LogP contribution in [0, 0.1) is 0 Å². The largest absolute Gasteiger partial charge is 0.375 e. The highest BCUT2D eigenvalue weighted by Gasteiger charge is 1.95. The number of hydrogen-bond acceptors (Lipinski definition) is 3. The molecule has 10 heavy (non-hydrogen) atoms. The topological polar surface area (TPSA) is 38.9 Å². The third-order valence-electron chi connectivity index (χ3n) is 1.35. The molecule has 0 aliphatic carbocycles. The number of aryl methyl sites for hydroxylation is 1. The van der Waals surface area contributed by atoms with Gasteiger partial charge in [0.15, 0.2) is 5.13 Å². The van der Waals surface area contributed by atoms with Gasteiger partial charge in [0.2, 0.25) is 0 Å². The third-order valence-corrected chi connectivity index (χ3v) is 2.23. The first-order chi connectivity index (χ1) is 4.83. The number of aromatic nitrogens is 1. The van der Waals surface area contributed by atoms with Crippen LogP contribution in [0.5, 0.6) is 0 Å². The van der Waals surface area contributed by atoms with Crippen molar-refractivity contribution in [2.45, 2.75) is 26.2 Å². The zero-order valence-corrected chi connectivity index (χ0v) is 6.95. The van der Waals surface area contributed by atoms with E-state index in [2.05, 4.69) is 11.9 Å². The van der Waals surface area contributed by atoms with E-state index in [0.717, 1.165) is 6.42 Å². The molecule has 0 aliphatic heterocycles. The molecule has 1 aromatic heterocycles. The van der Waals surface area contributed by atoms with E-state index >= 15 is 0 Å². The summed E-state index contributed by atoms with van der Waals surface area (Å²) in [6.07, 6.45) is 5.47. The number of anilines is 1. The molecule has 0 saturated carbocycles. The lowest BCUT2D eigenvalue weighted by atomic mass is 10.2. The van der Waals surface area contributed by atoms with Crippen LogP contribution in [0.2, 0.25) is 0 Å². The van der Waals surface area contributed by atoms with Crippen LogP contribution < -0.4 is 5.73 Å². The average molecular weight is 156 g/mol.